The summed E-state index contributed by atoms with van der Waals surface area (Å²) in [7, 11) is -2.02. The first-order chi connectivity index (χ1) is 9.13. The third kappa shape index (κ3) is 3.68. The van der Waals surface area contributed by atoms with Crippen molar-refractivity contribution in [2.45, 2.75) is 17.7 Å². The molecule has 1 heterocycles. The van der Waals surface area contributed by atoms with Gasteiger partial charge in [0.1, 0.15) is 10.6 Å². The summed E-state index contributed by atoms with van der Waals surface area (Å²) in [6, 6.07) is 6.65. The van der Waals surface area contributed by atoms with Crippen LogP contribution in [0.5, 0.6) is 5.75 Å². The molecule has 0 spiro atoms. The van der Waals surface area contributed by atoms with E-state index in [0.717, 1.165) is 25.9 Å². The summed E-state index contributed by atoms with van der Waals surface area (Å²) in [5, 5.41) is 3.27. The molecule has 1 atom stereocenters. The van der Waals surface area contributed by atoms with Crippen LogP contribution in [-0.2, 0) is 10.0 Å². The molecule has 5 nitrogen and oxygen atoms in total. The van der Waals surface area contributed by atoms with Crippen LogP contribution in [0.25, 0.3) is 0 Å². The fraction of sp³-hybridized carbons (Fsp3) is 0.538. The predicted octanol–water partition coefficient (Wildman–Crippen LogP) is 0.973. The van der Waals surface area contributed by atoms with Crippen molar-refractivity contribution in [1.29, 1.82) is 0 Å². The molecule has 1 aliphatic rings. The summed E-state index contributed by atoms with van der Waals surface area (Å²) in [6.45, 7) is 2.48. The molecule has 106 valence electrons. The molecule has 1 saturated heterocycles. The highest BCUT2D eigenvalue weighted by atomic mass is 32.2. The lowest BCUT2D eigenvalue weighted by Crippen LogP contribution is -2.27. The van der Waals surface area contributed by atoms with Crippen LogP contribution in [0.2, 0.25) is 0 Å². The Morgan fingerprint density at radius 1 is 1.42 bits per heavy atom. The van der Waals surface area contributed by atoms with Gasteiger partial charge in [0.25, 0.3) is 0 Å². The van der Waals surface area contributed by atoms with Gasteiger partial charge in [0, 0.05) is 6.54 Å². The molecule has 0 aliphatic carbocycles. The zero-order valence-electron chi connectivity index (χ0n) is 11.1. The van der Waals surface area contributed by atoms with Gasteiger partial charge >= 0.3 is 0 Å². The van der Waals surface area contributed by atoms with Gasteiger partial charge in [0.05, 0.1) is 7.11 Å². The molecule has 1 aromatic carbocycles. The van der Waals surface area contributed by atoms with Gasteiger partial charge in [-0.05, 0) is 44.0 Å². The summed E-state index contributed by atoms with van der Waals surface area (Å²) >= 11 is 0. The van der Waals surface area contributed by atoms with Gasteiger partial charge in [-0.1, -0.05) is 12.1 Å². The van der Waals surface area contributed by atoms with E-state index in [9.17, 15) is 8.42 Å². The van der Waals surface area contributed by atoms with Gasteiger partial charge < -0.3 is 10.1 Å². The Morgan fingerprint density at radius 2 is 2.21 bits per heavy atom. The molecule has 0 amide bonds. The summed E-state index contributed by atoms with van der Waals surface area (Å²) < 4.78 is 32.1. The minimum Gasteiger partial charge on any atom is -0.495 e. The minimum atomic E-state index is -3.49. The topological polar surface area (TPSA) is 67.4 Å². The number of nitrogens with one attached hydrogen (secondary N) is 2. The Balaban J connectivity index is 1.97. The Bertz CT molecular complexity index is 510. The summed E-state index contributed by atoms with van der Waals surface area (Å²) in [6.07, 6.45) is 1.98. The number of sulfonamides is 1. The van der Waals surface area contributed by atoms with E-state index in [2.05, 4.69) is 10.0 Å². The second kappa shape index (κ2) is 6.36. The van der Waals surface area contributed by atoms with Crippen LogP contribution in [0, 0.1) is 5.92 Å². The van der Waals surface area contributed by atoms with E-state index in [-0.39, 0.29) is 4.90 Å². The highest BCUT2D eigenvalue weighted by Crippen LogP contribution is 2.22. The molecule has 0 saturated carbocycles. The van der Waals surface area contributed by atoms with Crippen molar-refractivity contribution >= 4 is 10.0 Å². The van der Waals surface area contributed by atoms with Crippen LogP contribution in [-0.4, -0.2) is 35.2 Å². The van der Waals surface area contributed by atoms with Gasteiger partial charge in [0.15, 0.2) is 0 Å². The van der Waals surface area contributed by atoms with Crippen LogP contribution in [0.1, 0.15) is 12.8 Å². The number of ether oxygens (including phenoxy) is 1. The monoisotopic (exact) mass is 284 g/mol. The van der Waals surface area contributed by atoms with Crippen LogP contribution in [0.3, 0.4) is 0 Å². The van der Waals surface area contributed by atoms with Crippen molar-refractivity contribution in [2.24, 2.45) is 5.92 Å². The third-order valence-corrected chi connectivity index (χ3v) is 4.87. The van der Waals surface area contributed by atoms with E-state index in [1.807, 2.05) is 0 Å². The average Bonchev–Trinajstić information content (AvgIpc) is 2.91. The molecule has 1 fully saturated rings. The van der Waals surface area contributed by atoms with Crippen LogP contribution < -0.4 is 14.8 Å². The molecular weight excluding hydrogens is 264 g/mol. The first-order valence-corrected chi connectivity index (χ1v) is 7.95. The smallest absolute Gasteiger partial charge is 0.244 e. The summed E-state index contributed by atoms with van der Waals surface area (Å²) in [4.78, 5) is 0.196. The van der Waals surface area contributed by atoms with Crippen molar-refractivity contribution in [3.8, 4) is 5.75 Å². The highest BCUT2D eigenvalue weighted by Gasteiger charge is 2.20. The molecule has 0 radical (unpaired) electrons. The lowest BCUT2D eigenvalue weighted by atomic mass is 10.1. The van der Waals surface area contributed by atoms with Crippen molar-refractivity contribution in [2.75, 3.05) is 26.7 Å². The number of rotatable bonds is 6. The fourth-order valence-corrected chi connectivity index (χ4v) is 3.49. The predicted molar refractivity (Wildman–Crippen MR) is 73.8 cm³/mol. The molecule has 0 bridgehead atoms. The lowest BCUT2D eigenvalue weighted by Gasteiger charge is -2.12. The molecule has 19 heavy (non-hydrogen) atoms. The maximum absolute atomic E-state index is 12.2. The Labute approximate surface area is 114 Å². The zero-order chi connectivity index (χ0) is 13.7. The van der Waals surface area contributed by atoms with E-state index in [1.165, 1.54) is 7.11 Å². The average molecular weight is 284 g/mol. The van der Waals surface area contributed by atoms with Crippen molar-refractivity contribution in [3.63, 3.8) is 0 Å². The second-order valence-corrected chi connectivity index (χ2v) is 6.43. The quantitative estimate of drug-likeness (QED) is 0.817. The third-order valence-electron chi connectivity index (χ3n) is 3.37. The Kier molecular flexibility index (Phi) is 4.79. The zero-order valence-corrected chi connectivity index (χ0v) is 11.9. The molecule has 0 unspecified atom stereocenters. The van der Waals surface area contributed by atoms with Gasteiger partial charge in [-0.3, -0.25) is 0 Å². The van der Waals surface area contributed by atoms with Crippen LogP contribution >= 0.6 is 0 Å². The maximum atomic E-state index is 12.2. The van der Waals surface area contributed by atoms with Crippen molar-refractivity contribution < 1.29 is 13.2 Å². The first-order valence-electron chi connectivity index (χ1n) is 6.47. The van der Waals surface area contributed by atoms with Gasteiger partial charge in [-0.2, -0.15) is 0 Å². The SMILES string of the molecule is COc1ccccc1S(=O)(=O)NCC[C@@H]1CCNC1. The van der Waals surface area contributed by atoms with E-state index in [4.69, 9.17) is 4.74 Å². The van der Waals surface area contributed by atoms with Crippen LogP contribution in [0.15, 0.2) is 29.2 Å². The maximum Gasteiger partial charge on any atom is 0.244 e. The lowest BCUT2D eigenvalue weighted by molar-refractivity contribution is 0.402. The van der Waals surface area contributed by atoms with E-state index in [0.29, 0.717) is 18.2 Å². The van der Waals surface area contributed by atoms with E-state index >= 15 is 0 Å². The number of methoxy groups -OCH3 is 1. The number of hydrogen-bond acceptors (Lipinski definition) is 4. The Hall–Kier alpha value is -1.11. The number of hydrogen-bond donors (Lipinski definition) is 2. The van der Waals surface area contributed by atoms with Gasteiger partial charge in [-0.15, -0.1) is 0 Å². The molecule has 6 heteroatoms. The second-order valence-electron chi connectivity index (χ2n) is 4.70. The highest BCUT2D eigenvalue weighted by molar-refractivity contribution is 7.89. The van der Waals surface area contributed by atoms with Crippen molar-refractivity contribution in [3.05, 3.63) is 24.3 Å². The molecule has 0 aromatic heterocycles. The van der Waals surface area contributed by atoms with E-state index in [1.54, 1.807) is 24.3 Å². The molecule has 2 rings (SSSR count). The molecule has 1 aromatic rings. The van der Waals surface area contributed by atoms with Crippen LogP contribution in [0.4, 0.5) is 0 Å². The molecule has 1 aliphatic heterocycles. The number of benzene rings is 1. The summed E-state index contributed by atoms with van der Waals surface area (Å²) in [5.74, 6) is 0.943. The Morgan fingerprint density at radius 3 is 2.89 bits per heavy atom. The summed E-state index contributed by atoms with van der Waals surface area (Å²) in [5.41, 5.74) is 0. The molecule has 2 N–H and O–H groups in total. The minimum absolute atomic E-state index is 0.196. The largest absolute Gasteiger partial charge is 0.495 e. The fourth-order valence-electron chi connectivity index (χ4n) is 2.28. The molecular formula is C13H20N2O3S. The van der Waals surface area contributed by atoms with Crippen molar-refractivity contribution in [1.82, 2.24) is 10.0 Å². The standard InChI is InChI=1S/C13H20N2O3S/c1-18-12-4-2-3-5-13(12)19(16,17)15-9-7-11-6-8-14-10-11/h2-5,11,14-15H,6-10H2,1H3/t11-/m0/s1. The number of para-hydroxylation sites is 1. The normalized spacial score (nSPS) is 19.5. The van der Waals surface area contributed by atoms with Gasteiger partial charge in [-0.25, -0.2) is 13.1 Å². The first kappa shape index (κ1) is 14.3. The van der Waals surface area contributed by atoms with Gasteiger partial charge in [0.2, 0.25) is 10.0 Å². The van der Waals surface area contributed by atoms with E-state index < -0.39 is 10.0 Å².